The van der Waals surface area contributed by atoms with Gasteiger partial charge in [-0.2, -0.15) is 0 Å². The number of nitrogens with zero attached hydrogens (tertiary/aromatic N) is 2. The average Bonchev–Trinajstić information content (AvgIpc) is 3.00. The fraction of sp³-hybridized carbons (Fsp3) is 0.231. The number of nitro groups is 2. The lowest BCUT2D eigenvalue weighted by atomic mass is 10.1. The van der Waals surface area contributed by atoms with Crippen molar-refractivity contribution >= 4 is 17.1 Å². The third-order valence-electron chi connectivity index (χ3n) is 3.02. The monoisotopic (exact) mass is 307 g/mol. The van der Waals surface area contributed by atoms with E-state index < -0.39 is 21.6 Å². The molecule has 1 heterocycles. The van der Waals surface area contributed by atoms with Crippen molar-refractivity contribution < 1.29 is 19.4 Å². The second-order valence-corrected chi connectivity index (χ2v) is 4.44. The van der Waals surface area contributed by atoms with Crippen LogP contribution in [-0.4, -0.2) is 21.6 Å². The van der Waals surface area contributed by atoms with E-state index in [1.165, 1.54) is 18.4 Å². The molecule has 1 atom stereocenters. The molecule has 116 valence electrons. The minimum atomic E-state index is -0.701. The average molecular weight is 307 g/mol. The molecule has 0 spiro atoms. The number of aliphatic hydroxyl groups excluding tert-OH is 1. The fourth-order valence-corrected chi connectivity index (χ4v) is 2.00. The largest absolute Gasteiger partial charge is 0.467 e. The van der Waals surface area contributed by atoms with Crippen LogP contribution in [0.4, 0.5) is 17.1 Å². The lowest BCUT2D eigenvalue weighted by Gasteiger charge is -2.16. The second kappa shape index (κ2) is 6.68. The van der Waals surface area contributed by atoms with Gasteiger partial charge in [-0.15, -0.1) is 0 Å². The summed E-state index contributed by atoms with van der Waals surface area (Å²) in [7, 11) is 0. The van der Waals surface area contributed by atoms with Crippen LogP contribution in [0.3, 0.4) is 0 Å². The quantitative estimate of drug-likeness (QED) is 0.593. The van der Waals surface area contributed by atoms with Crippen molar-refractivity contribution in [1.82, 2.24) is 0 Å². The molecule has 9 nitrogen and oxygen atoms in total. The summed E-state index contributed by atoms with van der Waals surface area (Å²) in [5, 5.41) is 33.8. The van der Waals surface area contributed by atoms with Crippen molar-refractivity contribution in [3.8, 4) is 0 Å². The number of nitrogens with one attached hydrogen (secondary N) is 1. The van der Waals surface area contributed by atoms with Crippen LogP contribution >= 0.6 is 0 Å². The van der Waals surface area contributed by atoms with Gasteiger partial charge in [-0.1, -0.05) is 0 Å². The van der Waals surface area contributed by atoms with Crippen LogP contribution in [-0.2, 0) is 0 Å². The lowest BCUT2D eigenvalue weighted by molar-refractivity contribution is -0.393. The van der Waals surface area contributed by atoms with Gasteiger partial charge in [0.2, 0.25) is 0 Å². The van der Waals surface area contributed by atoms with Crippen LogP contribution < -0.4 is 5.32 Å². The van der Waals surface area contributed by atoms with Crippen LogP contribution in [0.5, 0.6) is 0 Å². The Kier molecular flexibility index (Phi) is 4.69. The molecule has 0 aliphatic heterocycles. The normalized spacial score (nSPS) is 11.9. The van der Waals surface area contributed by atoms with Gasteiger partial charge in [-0.05, 0) is 24.6 Å². The first-order valence-electron chi connectivity index (χ1n) is 6.36. The smallest absolute Gasteiger partial charge is 0.299 e. The summed E-state index contributed by atoms with van der Waals surface area (Å²) in [6.45, 7) is -0.154. The summed E-state index contributed by atoms with van der Waals surface area (Å²) in [6.07, 6.45) is 1.72. The lowest BCUT2D eigenvalue weighted by Crippen LogP contribution is -2.13. The maximum Gasteiger partial charge on any atom is 0.299 e. The van der Waals surface area contributed by atoms with E-state index in [1.54, 1.807) is 12.1 Å². The molecular weight excluding hydrogens is 294 g/mol. The van der Waals surface area contributed by atoms with Gasteiger partial charge in [-0.3, -0.25) is 20.2 Å². The predicted octanol–water partition coefficient (Wildman–Crippen LogP) is 2.63. The molecule has 0 radical (unpaired) electrons. The zero-order valence-corrected chi connectivity index (χ0v) is 11.3. The molecule has 0 bridgehead atoms. The van der Waals surface area contributed by atoms with Crippen molar-refractivity contribution in [1.29, 1.82) is 0 Å². The van der Waals surface area contributed by atoms with Gasteiger partial charge in [0.05, 0.1) is 28.2 Å². The third kappa shape index (κ3) is 3.38. The van der Waals surface area contributed by atoms with Crippen molar-refractivity contribution in [3.63, 3.8) is 0 Å². The molecule has 2 aromatic rings. The molecular formula is C13H13N3O6. The molecule has 0 saturated heterocycles. The van der Waals surface area contributed by atoms with Gasteiger partial charge in [0.15, 0.2) is 0 Å². The zero-order valence-electron chi connectivity index (χ0n) is 11.3. The fourth-order valence-electron chi connectivity index (χ4n) is 2.00. The molecule has 0 aliphatic rings. The molecule has 22 heavy (non-hydrogen) atoms. The summed E-state index contributed by atoms with van der Waals surface area (Å²) < 4.78 is 5.23. The Bertz CT molecular complexity index is 670. The Morgan fingerprint density at radius 3 is 2.55 bits per heavy atom. The van der Waals surface area contributed by atoms with Gasteiger partial charge in [0.25, 0.3) is 11.4 Å². The van der Waals surface area contributed by atoms with Crippen LogP contribution in [0.1, 0.15) is 18.2 Å². The molecule has 0 fully saturated rings. The highest BCUT2D eigenvalue weighted by molar-refractivity contribution is 5.65. The number of aliphatic hydroxyl groups is 1. The number of non-ortho nitro benzene ring substituents is 1. The van der Waals surface area contributed by atoms with E-state index in [0.29, 0.717) is 5.76 Å². The number of benzene rings is 1. The molecule has 2 N–H and O–H groups in total. The van der Waals surface area contributed by atoms with Crippen LogP contribution in [0.2, 0.25) is 0 Å². The van der Waals surface area contributed by atoms with E-state index in [0.717, 1.165) is 6.07 Å². The van der Waals surface area contributed by atoms with E-state index in [2.05, 4.69) is 5.32 Å². The Balaban J connectivity index is 2.34. The van der Waals surface area contributed by atoms with Crippen LogP contribution in [0.15, 0.2) is 41.0 Å². The molecule has 0 saturated carbocycles. The Morgan fingerprint density at radius 1 is 1.23 bits per heavy atom. The van der Waals surface area contributed by atoms with Gasteiger partial charge in [0.1, 0.15) is 11.4 Å². The number of rotatable bonds is 7. The standard InChI is InChI=1S/C13H13N3O6/c17-6-5-11(13-2-1-7-22-13)14-10-4-3-9(15(18)19)8-12(10)16(20)21/h1-4,7-8,11,14,17H,5-6H2. The van der Waals surface area contributed by atoms with E-state index in [-0.39, 0.29) is 24.4 Å². The summed E-state index contributed by atoms with van der Waals surface area (Å²) >= 11 is 0. The van der Waals surface area contributed by atoms with E-state index in [9.17, 15) is 20.2 Å². The van der Waals surface area contributed by atoms with E-state index >= 15 is 0 Å². The molecule has 1 aromatic carbocycles. The summed E-state index contributed by atoms with van der Waals surface area (Å²) in [5.74, 6) is 0.502. The Labute approximate surface area is 124 Å². The molecule has 9 heteroatoms. The van der Waals surface area contributed by atoms with Crippen molar-refractivity contribution in [2.75, 3.05) is 11.9 Å². The van der Waals surface area contributed by atoms with Crippen molar-refractivity contribution in [2.24, 2.45) is 0 Å². The first kappa shape index (κ1) is 15.4. The highest BCUT2D eigenvalue weighted by Gasteiger charge is 2.23. The topological polar surface area (TPSA) is 132 Å². The van der Waals surface area contributed by atoms with Gasteiger partial charge < -0.3 is 14.8 Å². The predicted molar refractivity (Wildman–Crippen MR) is 76.5 cm³/mol. The first-order chi connectivity index (χ1) is 10.5. The molecule has 2 rings (SSSR count). The SMILES string of the molecule is O=[N+]([O-])c1ccc(NC(CCO)c2ccco2)c([N+](=O)[O-])c1. The number of furan rings is 1. The Morgan fingerprint density at radius 2 is 2.00 bits per heavy atom. The summed E-state index contributed by atoms with van der Waals surface area (Å²) in [6, 6.07) is 6.17. The summed E-state index contributed by atoms with van der Waals surface area (Å²) in [4.78, 5) is 20.4. The van der Waals surface area contributed by atoms with Gasteiger partial charge in [-0.25, -0.2) is 0 Å². The first-order valence-corrected chi connectivity index (χ1v) is 6.36. The molecule has 0 aliphatic carbocycles. The van der Waals surface area contributed by atoms with Gasteiger partial charge >= 0.3 is 0 Å². The maximum absolute atomic E-state index is 11.1. The van der Waals surface area contributed by atoms with E-state index in [4.69, 9.17) is 9.52 Å². The molecule has 1 aromatic heterocycles. The maximum atomic E-state index is 11.1. The number of hydrogen-bond acceptors (Lipinski definition) is 7. The highest BCUT2D eigenvalue weighted by atomic mass is 16.6. The molecule has 1 unspecified atom stereocenters. The number of nitro benzene ring substituents is 2. The Hall–Kier alpha value is -2.94. The molecule has 0 amide bonds. The number of hydrogen-bond donors (Lipinski definition) is 2. The zero-order chi connectivity index (χ0) is 16.1. The minimum absolute atomic E-state index is 0.116. The second-order valence-electron chi connectivity index (χ2n) is 4.44. The third-order valence-corrected chi connectivity index (χ3v) is 3.02. The van der Waals surface area contributed by atoms with Crippen LogP contribution in [0.25, 0.3) is 0 Å². The highest BCUT2D eigenvalue weighted by Crippen LogP contribution is 2.32. The minimum Gasteiger partial charge on any atom is -0.467 e. The van der Waals surface area contributed by atoms with Crippen LogP contribution in [0, 0.1) is 20.2 Å². The van der Waals surface area contributed by atoms with Crippen molar-refractivity contribution in [3.05, 3.63) is 62.6 Å². The van der Waals surface area contributed by atoms with Gasteiger partial charge in [0, 0.05) is 12.7 Å². The van der Waals surface area contributed by atoms with E-state index in [1.807, 2.05) is 0 Å². The summed E-state index contributed by atoms with van der Waals surface area (Å²) in [5.41, 5.74) is -0.664. The van der Waals surface area contributed by atoms with Crippen molar-refractivity contribution in [2.45, 2.75) is 12.5 Å². The number of anilines is 1.